The first-order valence-electron chi connectivity index (χ1n) is 7.21. The van der Waals surface area contributed by atoms with Crippen LogP contribution in [-0.2, 0) is 4.79 Å². The van der Waals surface area contributed by atoms with E-state index < -0.39 is 0 Å². The third-order valence-electron chi connectivity index (χ3n) is 3.47. The molecular weight excluding hydrogens is 272 g/mol. The number of benzene rings is 1. The van der Waals surface area contributed by atoms with Crippen molar-refractivity contribution in [2.75, 3.05) is 13.1 Å². The Labute approximate surface area is 128 Å². The molecule has 0 aliphatic carbocycles. The predicted octanol–water partition coefficient (Wildman–Crippen LogP) is 3.39. The van der Waals surface area contributed by atoms with Crippen LogP contribution in [0.2, 0.25) is 0 Å². The van der Waals surface area contributed by atoms with Crippen LogP contribution in [0.25, 0.3) is 0 Å². The molecule has 0 saturated heterocycles. The lowest BCUT2D eigenvalue weighted by molar-refractivity contribution is -0.137. The molecule has 0 fully saturated rings. The minimum atomic E-state index is -0.107. The lowest BCUT2D eigenvalue weighted by Gasteiger charge is -2.33. The lowest BCUT2D eigenvalue weighted by Crippen LogP contribution is -2.40. The number of hydrogen-bond donors (Lipinski definition) is 1. The zero-order chi connectivity index (χ0) is 14.3. The summed E-state index contributed by atoms with van der Waals surface area (Å²) in [6.45, 7) is 7.33. The molecule has 0 saturated carbocycles. The van der Waals surface area contributed by atoms with Crippen molar-refractivity contribution in [2.45, 2.75) is 39.7 Å². The highest BCUT2D eigenvalue weighted by atomic mass is 35.5. The third-order valence-corrected chi connectivity index (χ3v) is 3.47. The second-order valence-electron chi connectivity index (χ2n) is 5.00. The van der Waals surface area contributed by atoms with Gasteiger partial charge in [0.1, 0.15) is 0 Å². The van der Waals surface area contributed by atoms with Gasteiger partial charge in [-0.1, -0.05) is 51.1 Å². The van der Waals surface area contributed by atoms with Crippen molar-refractivity contribution >= 4 is 18.3 Å². The highest BCUT2D eigenvalue weighted by Crippen LogP contribution is 2.25. The standard InChI is InChI=1S/C16H26N2O.ClH/c1-4-11-18(16(19)13(3)12-17)15(5-2)14-9-7-6-8-10-14;/h6-10,13,15H,4-5,11-12,17H2,1-3H3;1H. The molecule has 1 rings (SSSR count). The van der Waals surface area contributed by atoms with Gasteiger partial charge in [0.05, 0.1) is 6.04 Å². The predicted molar refractivity (Wildman–Crippen MR) is 86.9 cm³/mol. The molecule has 0 spiro atoms. The van der Waals surface area contributed by atoms with Crippen LogP contribution in [0.1, 0.15) is 45.2 Å². The Morgan fingerprint density at radius 1 is 1.25 bits per heavy atom. The normalized spacial score (nSPS) is 13.2. The van der Waals surface area contributed by atoms with E-state index in [9.17, 15) is 4.79 Å². The summed E-state index contributed by atoms with van der Waals surface area (Å²) in [5.74, 6) is 0.0596. The van der Waals surface area contributed by atoms with Gasteiger partial charge in [0.25, 0.3) is 0 Å². The number of halogens is 1. The summed E-state index contributed by atoms with van der Waals surface area (Å²) in [6, 6.07) is 10.4. The number of rotatable bonds is 7. The first kappa shape index (κ1) is 18.9. The van der Waals surface area contributed by atoms with Crippen molar-refractivity contribution in [3.8, 4) is 0 Å². The van der Waals surface area contributed by atoms with Crippen LogP contribution in [0.4, 0.5) is 0 Å². The Morgan fingerprint density at radius 2 is 1.85 bits per heavy atom. The molecule has 0 aromatic heterocycles. The summed E-state index contributed by atoms with van der Waals surface area (Å²) < 4.78 is 0. The molecule has 2 unspecified atom stereocenters. The van der Waals surface area contributed by atoms with Gasteiger partial charge in [0.2, 0.25) is 5.91 Å². The second-order valence-corrected chi connectivity index (χ2v) is 5.00. The van der Waals surface area contributed by atoms with Gasteiger partial charge in [0, 0.05) is 19.0 Å². The van der Waals surface area contributed by atoms with E-state index in [4.69, 9.17) is 5.73 Å². The molecule has 1 aromatic carbocycles. The summed E-state index contributed by atoms with van der Waals surface area (Å²) in [5.41, 5.74) is 6.84. The van der Waals surface area contributed by atoms with Crippen LogP contribution in [0.5, 0.6) is 0 Å². The van der Waals surface area contributed by atoms with Crippen molar-refractivity contribution in [2.24, 2.45) is 11.7 Å². The minimum absolute atomic E-state index is 0. The third kappa shape index (κ3) is 4.80. The summed E-state index contributed by atoms with van der Waals surface area (Å²) in [6.07, 6.45) is 1.89. The van der Waals surface area contributed by atoms with Gasteiger partial charge in [-0.25, -0.2) is 0 Å². The van der Waals surface area contributed by atoms with Gasteiger partial charge in [-0.05, 0) is 18.4 Å². The molecule has 20 heavy (non-hydrogen) atoms. The largest absolute Gasteiger partial charge is 0.335 e. The summed E-state index contributed by atoms with van der Waals surface area (Å²) in [7, 11) is 0. The van der Waals surface area contributed by atoms with Gasteiger partial charge in [-0.15, -0.1) is 12.4 Å². The minimum Gasteiger partial charge on any atom is -0.335 e. The average Bonchev–Trinajstić information content (AvgIpc) is 2.46. The zero-order valence-electron chi connectivity index (χ0n) is 12.7. The van der Waals surface area contributed by atoms with E-state index in [1.165, 1.54) is 5.56 Å². The number of nitrogens with two attached hydrogens (primary N) is 1. The van der Waals surface area contributed by atoms with Crippen molar-refractivity contribution in [3.63, 3.8) is 0 Å². The van der Waals surface area contributed by atoms with Crippen LogP contribution in [0, 0.1) is 5.92 Å². The Morgan fingerprint density at radius 3 is 2.30 bits per heavy atom. The smallest absolute Gasteiger partial charge is 0.227 e. The quantitative estimate of drug-likeness (QED) is 0.838. The van der Waals surface area contributed by atoms with Gasteiger partial charge < -0.3 is 10.6 Å². The maximum Gasteiger partial charge on any atom is 0.227 e. The van der Waals surface area contributed by atoms with E-state index in [-0.39, 0.29) is 30.3 Å². The lowest BCUT2D eigenvalue weighted by atomic mass is 10.0. The number of carbonyl (C=O) groups is 1. The van der Waals surface area contributed by atoms with E-state index in [0.29, 0.717) is 6.54 Å². The SMILES string of the molecule is CCCN(C(=O)C(C)CN)C(CC)c1ccccc1.Cl. The molecule has 0 aliphatic rings. The summed E-state index contributed by atoms with van der Waals surface area (Å²) in [4.78, 5) is 14.5. The van der Waals surface area contributed by atoms with Crippen LogP contribution < -0.4 is 5.73 Å². The molecular formula is C16H27ClN2O. The molecule has 114 valence electrons. The van der Waals surface area contributed by atoms with Crippen LogP contribution in [-0.4, -0.2) is 23.9 Å². The Balaban J connectivity index is 0.00000361. The molecule has 1 amide bonds. The van der Waals surface area contributed by atoms with E-state index >= 15 is 0 Å². The molecule has 0 heterocycles. The fourth-order valence-electron chi connectivity index (χ4n) is 2.36. The summed E-state index contributed by atoms with van der Waals surface area (Å²) in [5, 5.41) is 0. The molecule has 0 bridgehead atoms. The summed E-state index contributed by atoms with van der Waals surface area (Å²) >= 11 is 0. The van der Waals surface area contributed by atoms with E-state index in [2.05, 4.69) is 26.0 Å². The maximum atomic E-state index is 12.5. The topological polar surface area (TPSA) is 46.3 Å². The molecule has 1 aromatic rings. The molecule has 0 radical (unpaired) electrons. The Bertz CT molecular complexity index is 383. The average molecular weight is 299 g/mol. The van der Waals surface area contributed by atoms with E-state index in [0.717, 1.165) is 19.4 Å². The fourth-order valence-corrected chi connectivity index (χ4v) is 2.36. The number of carbonyl (C=O) groups excluding carboxylic acids is 1. The van der Waals surface area contributed by atoms with E-state index in [1.807, 2.05) is 30.0 Å². The molecule has 2 N–H and O–H groups in total. The highest BCUT2D eigenvalue weighted by Gasteiger charge is 2.25. The monoisotopic (exact) mass is 298 g/mol. The molecule has 4 heteroatoms. The maximum absolute atomic E-state index is 12.5. The van der Waals surface area contributed by atoms with Gasteiger partial charge >= 0.3 is 0 Å². The van der Waals surface area contributed by atoms with Crippen molar-refractivity contribution < 1.29 is 4.79 Å². The second kappa shape index (κ2) is 9.78. The Hall–Kier alpha value is -1.06. The van der Waals surface area contributed by atoms with Gasteiger partial charge in [0.15, 0.2) is 0 Å². The van der Waals surface area contributed by atoms with Crippen molar-refractivity contribution in [3.05, 3.63) is 35.9 Å². The molecule has 0 aliphatic heterocycles. The van der Waals surface area contributed by atoms with Gasteiger partial charge in [-0.3, -0.25) is 4.79 Å². The van der Waals surface area contributed by atoms with E-state index in [1.54, 1.807) is 0 Å². The first-order valence-corrected chi connectivity index (χ1v) is 7.21. The highest BCUT2D eigenvalue weighted by molar-refractivity contribution is 5.85. The number of amides is 1. The van der Waals surface area contributed by atoms with Crippen molar-refractivity contribution in [1.82, 2.24) is 4.90 Å². The Kier molecular flexibility index (Phi) is 9.26. The molecule has 2 atom stereocenters. The molecule has 3 nitrogen and oxygen atoms in total. The zero-order valence-corrected chi connectivity index (χ0v) is 13.5. The van der Waals surface area contributed by atoms with Crippen LogP contribution in [0.15, 0.2) is 30.3 Å². The fraction of sp³-hybridized carbons (Fsp3) is 0.562. The van der Waals surface area contributed by atoms with Gasteiger partial charge in [-0.2, -0.15) is 0 Å². The van der Waals surface area contributed by atoms with Crippen molar-refractivity contribution in [1.29, 1.82) is 0 Å². The number of hydrogen-bond acceptors (Lipinski definition) is 2. The van der Waals surface area contributed by atoms with Crippen LogP contribution >= 0.6 is 12.4 Å². The van der Waals surface area contributed by atoms with Crippen LogP contribution in [0.3, 0.4) is 0 Å². The first-order chi connectivity index (χ1) is 9.15. The number of nitrogens with zero attached hydrogens (tertiary/aromatic N) is 1.